The van der Waals surface area contributed by atoms with E-state index in [-0.39, 0.29) is 5.56 Å². The van der Waals surface area contributed by atoms with Gasteiger partial charge in [0, 0.05) is 11.1 Å². The first kappa shape index (κ1) is 13.9. The summed E-state index contributed by atoms with van der Waals surface area (Å²) in [5, 5.41) is 6.76. The number of nitrogens with zero attached hydrogens (tertiary/aromatic N) is 3. The summed E-state index contributed by atoms with van der Waals surface area (Å²) >= 11 is 1.46. The molecule has 3 aromatic rings. The zero-order valence-electron chi connectivity index (χ0n) is 12.4. The van der Waals surface area contributed by atoms with Crippen molar-refractivity contribution < 1.29 is 4.74 Å². The fourth-order valence-electron chi connectivity index (χ4n) is 2.48. The highest BCUT2D eigenvalue weighted by Crippen LogP contribution is 2.25. The second-order valence-corrected chi connectivity index (χ2v) is 6.10. The molecule has 2 aromatic heterocycles. The van der Waals surface area contributed by atoms with Crippen LogP contribution in [0.4, 0.5) is 0 Å². The van der Waals surface area contributed by atoms with Crippen molar-refractivity contribution in [2.24, 2.45) is 5.10 Å². The molecule has 0 atom stereocenters. The van der Waals surface area contributed by atoms with Gasteiger partial charge in [-0.1, -0.05) is 18.2 Å². The summed E-state index contributed by atoms with van der Waals surface area (Å²) in [7, 11) is 0. The van der Waals surface area contributed by atoms with Crippen LogP contribution >= 0.6 is 11.3 Å². The van der Waals surface area contributed by atoms with E-state index in [9.17, 15) is 4.79 Å². The zero-order valence-corrected chi connectivity index (χ0v) is 13.2. The van der Waals surface area contributed by atoms with Crippen molar-refractivity contribution in [3.63, 3.8) is 0 Å². The molecule has 0 saturated heterocycles. The number of ether oxygens (including phenoxy) is 1. The molecule has 6 heteroatoms. The molecule has 0 amide bonds. The number of benzene rings is 1. The predicted octanol–water partition coefficient (Wildman–Crippen LogP) is 3.08. The molecule has 0 N–H and O–H groups in total. The molecule has 0 radical (unpaired) electrons. The van der Waals surface area contributed by atoms with Gasteiger partial charge < -0.3 is 4.74 Å². The van der Waals surface area contributed by atoms with E-state index in [2.05, 4.69) is 10.1 Å². The minimum absolute atomic E-state index is 0.150. The Bertz CT molecular complexity index is 1010. The summed E-state index contributed by atoms with van der Waals surface area (Å²) < 4.78 is 7.01. The lowest BCUT2D eigenvalue weighted by Crippen LogP contribution is -2.20. The Morgan fingerprint density at radius 1 is 1.35 bits per heavy atom. The summed E-state index contributed by atoms with van der Waals surface area (Å²) in [4.78, 5) is 17.6. The van der Waals surface area contributed by atoms with Crippen LogP contribution in [0.2, 0.25) is 0 Å². The van der Waals surface area contributed by atoms with Gasteiger partial charge in [-0.15, -0.1) is 11.3 Å². The van der Waals surface area contributed by atoms with E-state index in [0.717, 1.165) is 21.7 Å². The number of hydrogen-bond acceptors (Lipinski definition) is 5. The van der Waals surface area contributed by atoms with Gasteiger partial charge in [-0.3, -0.25) is 4.79 Å². The molecule has 0 fully saturated rings. The number of thiophene rings is 1. The van der Waals surface area contributed by atoms with E-state index >= 15 is 0 Å². The quantitative estimate of drug-likeness (QED) is 0.681. The Hall–Kier alpha value is -2.73. The largest absolute Gasteiger partial charge is 0.488 e. The number of aromatic nitrogens is 2. The summed E-state index contributed by atoms with van der Waals surface area (Å²) in [5.74, 6) is 1.43. The van der Waals surface area contributed by atoms with Crippen molar-refractivity contribution in [3.8, 4) is 5.75 Å². The van der Waals surface area contributed by atoms with Crippen molar-refractivity contribution in [1.29, 1.82) is 0 Å². The maximum absolute atomic E-state index is 12.4. The molecule has 23 heavy (non-hydrogen) atoms. The lowest BCUT2D eigenvalue weighted by atomic mass is 10.1. The summed E-state index contributed by atoms with van der Waals surface area (Å²) in [6, 6.07) is 9.60. The lowest BCUT2D eigenvalue weighted by Gasteiger charge is -2.15. The fraction of sp³-hybridized carbons (Fsp3) is 0.118. The highest BCUT2D eigenvalue weighted by atomic mass is 32.1. The van der Waals surface area contributed by atoms with Crippen LogP contribution in [0, 0.1) is 6.92 Å². The van der Waals surface area contributed by atoms with E-state index in [1.807, 2.05) is 35.7 Å². The minimum Gasteiger partial charge on any atom is -0.488 e. The number of rotatable bonds is 2. The molecule has 3 heterocycles. The van der Waals surface area contributed by atoms with Crippen LogP contribution < -0.4 is 10.3 Å². The smallest absolute Gasteiger partial charge is 0.282 e. The van der Waals surface area contributed by atoms with Crippen molar-refractivity contribution >= 4 is 33.8 Å². The molecular formula is C17H13N3O2S. The van der Waals surface area contributed by atoms with Gasteiger partial charge in [-0.25, -0.2) is 4.98 Å². The van der Waals surface area contributed by atoms with E-state index in [1.165, 1.54) is 16.0 Å². The van der Waals surface area contributed by atoms with Gasteiger partial charge in [0.05, 0.1) is 11.6 Å². The maximum Gasteiger partial charge on any atom is 0.282 e. The summed E-state index contributed by atoms with van der Waals surface area (Å²) in [6.45, 7) is 2.21. The molecule has 1 aromatic carbocycles. The van der Waals surface area contributed by atoms with Gasteiger partial charge in [0.25, 0.3) is 5.56 Å². The molecule has 1 aliphatic rings. The van der Waals surface area contributed by atoms with Crippen molar-refractivity contribution in [3.05, 3.63) is 63.0 Å². The second-order valence-electron chi connectivity index (χ2n) is 5.21. The number of hydrogen-bond donors (Lipinski definition) is 0. The number of para-hydroxylation sites is 1. The van der Waals surface area contributed by atoms with Crippen LogP contribution in [0.25, 0.3) is 16.3 Å². The third kappa shape index (κ3) is 2.47. The maximum atomic E-state index is 12.4. The molecule has 5 nitrogen and oxygen atoms in total. The molecular weight excluding hydrogens is 310 g/mol. The highest BCUT2D eigenvalue weighted by molar-refractivity contribution is 7.16. The van der Waals surface area contributed by atoms with Crippen molar-refractivity contribution in [2.75, 3.05) is 6.61 Å². The van der Waals surface area contributed by atoms with Crippen molar-refractivity contribution in [2.45, 2.75) is 6.92 Å². The van der Waals surface area contributed by atoms with E-state index in [0.29, 0.717) is 17.8 Å². The third-order valence-electron chi connectivity index (χ3n) is 3.63. The van der Waals surface area contributed by atoms with Gasteiger partial charge in [-0.2, -0.15) is 9.78 Å². The van der Waals surface area contributed by atoms with Gasteiger partial charge in [-0.05, 0) is 30.5 Å². The zero-order chi connectivity index (χ0) is 15.8. The first-order chi connectivity index (χ1) is 11.2. The fourth-order valence-corrected chi connectivity index (χ4v) is 3.28. The highest BCUT2D eigenvalue weighted by Gasteiger charge is 2.11. The number of fused-ring (bicyclic) bond motifs is 2. The standard InChI is InChI=1S/C17H13N3O2S/c1-11-19-16-14(6-7-23-16)17(21)20(11)18-9-12-8-13-4-2-3-5-15(13)22-10-12/h2-9H,10H2,1H3/b18-9+. The Kier molecular flexibility index (Phi) is 3.31. The summed E-state index contributed by atoms with van der Waals surface area (Å²) in [5.41, 5.74) is 1.76. The van der Waals surface area contributed by atoms with Crippen molar-refractivity contribution in [1.82, 2.24) is 9.66 Å². The van der Waals surface area contributed by atoms with Gasteiger partial charge >= 0.3 is 0 Å². The second kappa shape index (κ2) is 5.48. The topological polar surface area (TPSA) is 56.5 Å². The Labute approximate surface area is 136 Å². The Balaban J connectivity index is 1.73. The Morgan fingerprint density at radius 2 is 2.22 bits per heavy atom. The first-order valence-corrected chi connectivity index (χ1v) is 8.04. The molecule has 0 aliphatic carbocycles. The van der Waals surface area contributed by atoms with Crippen LogP contribution in [0.5, 0.6) is 5.75 Å². The van der Waals surface area contributed by atoms with Crippen LogP contribution in [0.15, 0.2) is 51.2 Å². The van der Waals surface area contributed by atoms with E-state index in [4.69, 9.17) is 4.74 Å². The van der Waals surface area contributed by atoms with E-state index < -0.39 is 0 Å². The summed E-state index contributed by atoms with van der Waals surface area (Å²) in [6.07, 6.45) is 3.67. The average Bonchev–Trinajstić information content (AvgIpc) is 3.03. The molecule has 0 unspecified atom stereocenters. The van der Waals surface area contributed by atoms with Crippen LogP contribution in [-0.2, 0) is 0 Å². The SMILES string of the molecule is Cc1nc2sccc2c(=O)n1/N=C/C1=Cc2ccccc2OC1. The first-order valence-electron chi connectivity index (χ1n) is 7.16. The van der Waals surface area contributed by atoms with Gasteiger partial charge in [0.15, 0.2) is 0 Å². The molecule has 1 aliphatic heterocycles. The monoisotopic (exact) mass is 323 g/mol. The molecule has 0 spiro atoms. The normalized spacial score (nSPS) is 13.9. The van der Waals surface area contributed by atoms with Crippen LogP contribution in [-0.4, -0.2) is 22.5 Å². The molecule has 114 valence electrons. The average molecular weight is 323 g/mol. The van der Waals surface area contributed by atoms with Crippen LogP contribution in [0.3, 0.4) is 0 Å². The molecule has 0 bridgehead atoms. The Morgan fingerprint density at radius 3 is 3.13 bits per heavy atom. The number of aryl methyl sites for hydroxylation is 1. The van der Waals surface area contributed by atoms with Gasteiger partial charge in [0.1, 0.15) is 23.0 Å². The third-order valence-corrected chi connectivity index (χ3v) is 4.44. The minimum atomic E-state index is -0.150. The van der Waals surface area contributed by atoms with E-state index in [1.54, 1.807) is 19.2 Å². The lowest BCUT2D eigenvalue weighted by molar-refractivity contribution is 0.353. The molecule has 0 saturated carbocycles. The van der Waals surface area contributed by atoms with Gasteiger partial charge in [0.2, 0.25) is 0 Å². The molecule has 4 rings (SSSR count). The predicted molar refractivity (Wildman–Crippen MR) is 92.4 cm³/mol. The van der Waals surface area contributed by atoms with Crippen LogP contribution in [0.1, 0.15) is 11.4 Å².